The van der Waals surface area contributed by atoms with E-state index < -0.39 is 0 Å². The summed E-state index contributed by atoms with van der Waals surface area (Å²) in [6, 6.07) is 9.05. The number of benzene rings is 1. The molecule has 1 saturated heterocycles. The van der Waals surface area contributed by atoms with Crippen molar-refractivity contribution in [1.29, 1.82) is 0 Å². The fourth-order valence-electron chi connectivity index (χ4n) is 2.36. The standard InChI is InChI=1S/C16H21NO4/c1-13(18)20-12-11-17-9-7-15(8-10-17)21-16(19)14-5-3-2-4-6-14/h2-6,15H,7-12H2,1H3. The molecule has 1 aliphatic heterocycles. The Balaban J connectivity index is 1.69. The molecule has 5 nitrogen and oxygen atoms in total. The summed E-state index contributed by atoms with van der Waals surface area (Å²) in [7, 11) is 0. The molecule has 0 radical (unpaired) electrons. The second kappa shape index (κ2) is 7.78. The van der Waals surface area contributed by atoms with Gasteiger partial charge in [-0.2, -0.15) is 0 Å². The van der Waals surface area contributed by atoms with E-state index in [1.165, 1.54) is 6.92 Å². The van der Waals surface area contributed by atoms with E-state index in [-0.39, 0.29) is 18.0 Å². The van der Waals surface area contributed by atoms with Gasteiger partial charge in [-0.25, -0.2) is 4.79 Å². The van der Waals surface area contributed by atoms with Crippen LogP contribution >= 0.6 is 0 Å². The quantitative estimate of drug-likeness (QED) is 0.775. The van der Waals surface area contributed by atoms with E-state index in [0.717, 1.165) is 32.5 Å². The van der Waals surface area contributed by atoms with Crippen molar-refractivity contribution in [2.24, 2.45) is 0 Å². The molecule has 0 N–H and O–H groups in total. The lowest BCUT2D eigenvalue weighted by molar-refractivity contribution is -0.141. The number of ether oxygens (including phenoxy) is 2. The average molecular weight is 291 g/mol. The highest BCUT2D eigenvalue weighted by Gasteiger charge is 2.22. The highest BCUT2D eigenvalue weighted by Crippen LogP contribution is 2.15. The fourth-order valence-corrected chi connectivity index (χ4v) is 2.36. The Hall–Kier alpha value is -1.88. The Morgan fingerprint density at radius 2 is 1.86 bits per heavy atom. The lowest BCUT2D eigenvalue weighted by atomic mass is 10.1. The molecule has 0 unspecified atom stereocenters. The summed E-state index contributed by atoms with van der Waals surface area (Å²) in [5.41, 5.74) is 0.592. The Kier molecular flexibility index (Phi) is 5.75. The summed E-state index contributed by atoms with van der Waals surface area (Å²) in [6.07, 6.45) is 1.61. The molecular formula is C16H21NO4. The van der Waals surface area contributed by atoms with Crippen LogP contribution in [0.15, 0.2) is 30.3 Å². The fraction of sp³-hybridized carbons (Fsp3) is 0.500. The van der Waals surface area contributed by atoms with Crippen molar-refractivity contribution < 1.29 is 19.1 Å². The largest absolute Gasteiger partial charge is 0.465 e. The molecule has 0 bridgehead atoms. The zero-order chi connectivity index (χ0) is 15.1. The van der Waals surface area contributed by atoms with Crippen LogP contribution in [0.4, 0.5) is 0 Å². The van der Waals surface area contributed by atoms with Gasteiger partial charge < -0.3 is 9.47 Å². The molecule has 0 spiro atoms. The zero-order valence-corrected chi connectivity index (χ0v) is 12.3. The molecule has 0 aromatic heterocycles. The average Bonchev–Trinajstić information content (AvgIpc) is 2.49. The predicted octanol–water partition coefficient (Wildman–Crippen LogP) is 1.87. The van der Waals surface area contributed by atoms with Gasteiger partial charge in [0.2, 0.25) is 0 Å². The second-order valence-corrected chi connectivity index (χ2v) is 5.15. The minimum absolute atomic E-state index is 0.0253. The third-order valence-electron chi connectivity index (χ3n) is 3.53. The molecule has 1 aromatic rings. The van der Waals surface area contributed by atoms with Crippen LogP contribution in [-0.2, 0) is 14.3 Å². The molecule has 0 aliphatic carbocycles. The van der Waals surface area contributed by atoms with Gasteiger partial charge in [0, 0.05) is 26.6 Å². The number of rotatable bonds is 5. The topological polar surface area (TPSA) is 55.8 Å². The van der Waals surface area contributed by atoms with Crippen molar-refractivity contribution in [3.8, 4) is 0 Å². The highest BCUT2D eigenvalue weighted by molar-refractivity contribution is 5.89. The van der Waals surface area contributed by atoms with E-state index >= 15 is 0 Å². The third-order valence-corrected chi connectivity index (χ3v) is 3.53. The van der Waals surface area contributed by atoms with E-state index in [1.807, 2.05) is 18.2 Å². The van der Waals surface area contributed by atoms with Gasteiger partial charge in [-0.05, 0) is 25.0 Å². The van der Waals surface area contributed by atoms with Crippen LogP contribution in [0.3, 0.4) is 0 Å². The Bertz CT molecular complexity index is 466. The van der Waals surface area contributed by atoms with Crippen molar-refractivity contribution in [1.82, 2.24) is 4.90 Å². The van der Waals surface area contributed by atoms with Gasteiger partial charge in [0.05, 0.1) is 5.56 Å². The van der Waals surface area contributed by atoms with Gasteiger partial charge in [0.25, 0.3) is 0 Å². The number of esters is 2. The van der Waals surface area contributed by atoms with Gasteiger partial charge in [0.15, 0.2) is 0 Å². The summed E-state index contributed by atoms with van der Waals surface area (Å²) < 4.78 is 10.4. The van der Waals surface area contributed by atoms with Gasteiger partial charge >= 0.3 is 11.9 Å². The minimum atomic E-state index is -0.256. The number of piperidine rings is 1. The molecule has 114 valence electrons. The first-order valence-electron chi connectivity index (χ1n) is 7.27. The maximum absolute atomic E-state index is 11.9. The number of hydrogen-bond acceptors (Lipinski definition) is 5. The van der Waals surface area contributed by atoms with E-state index in [1.54, 1.807) is 12.1 Å². The van der Waals surface area contributed by atoms with Gasteiger partial charge in [-0.15, -0.1) is 0 Å². The van der Waals surface area contributed by atoms with E-state index in [0.29, 0.717) is 12.2 Å². The first kappa shape index (κ1) is 15.5. The maximum Gasteiger partial charge on any atom is 0.338 e. The van der Waals surface area contributed by atoms with Crippen LogP contribution in [0.2, 0.25) is 0 Å². The Morgan fingerprint density at radius 3 is 2.48 bits per heavy atom. The minimum Gasteiger partial charge on any atom is -0.465 e. The predicted molar refractivity (Wildman–Crippen MR) is 78.0 cm³/mol. The molecule has 1 heterocycles. The molecule has 1 fully saturated rings. The van der Waals surface area contributed by atoms with Crippen LogP contribution in [-0.4, -0.2) is 49.2 Å². The van der Waals surface area contributed by atoms with Crippen LogP contribution in [0, 0.1) is 0 Å². The molecule has 0 atom stereocenters. The molecule has 2 rings (SSSR count). The second-order valence-electron chi connectivity index (χ2n) is 5.15. The van der Waals surface area contributed by atoms with Crippen molar-refractivity contribution in [2.75, 3.05) is 26.2 Å². The lowest BCUT2D eigenvalue weighted by Gasteiger charge is -2.31. The van der Waals surface area contributed by atoms with Crippen LogP contribution in [0.25, 0.3) is 0 Å². The molecule has 0 amide bonds. The van der Waals surface area contributed by atoms with Crippen LogP contribution in [0.1, 0.15) is 30.1 Å². The number of carbonyl (C=O) groups is 2. The van der Waals surface area contributed by atoms with Crippen molar-refractivity contribution in [2.45, 2.75) is 25.9 Å². The SMILES string of the molecule is CC(=O)OCCN1CCC(OC(=O)c2ccccc2)CC1. The monoisotopic (exact) mass is 291 g/mol. The summed E-state index contributed by atoms with van der Waals surface area (Å²) in [4.78, 5) is 24.9. The van der Waals surface area contributed by atoms with Crippen molar-refractivity contribution >= 4 is 11.9 Å². The number of carbonyl (C=O) groups excluding carboxylic acids is 2. The first-order chi connectivity index (χ1) is 10.1. The molecule has 21 heavy (non-hydrogen) atoms. The maximum atomic E-state index is 11.9. The number of likely N-dealkylation sites (tertiary alicyclic amines) is 1. The summed E-state index contributed by atoms with van der Waals surface area (Å²) in [5.74, 6) is -0.504. The Morgan fingerprint density at radius 1 is 1.19 bits per heavy atom. The molecule has 1 aliphatic rings. The van der Waals surface area contributed by atoms with Gasteiger partial charge in [-0.1, -0.05) is 18.2 Å². The van der Waals surface area contributed by atoms with E-state index in [2.05, 4.69) is 4.90 Å². The normalized spacial score (nSPS) is 16.4. The third kappa shape index (κ3) is 5.19. The van der Waals surface area contributed by atoms with Crippen molar-refractivity contribution in [3.05, 3.63) is 35.9 Å². The first-order valence-corrected chi connectivity index (χ1v) is 7.27. The highest BCUT2D eigenvalue weighted by atomic mass is 16.5. The van der Waals surface area contributed by atoms with Crippen LogP contribution in [0.5, 0.6) is 0 Å². The molecule has 1 aromatic carbocycles. The van der Waals surface area contributed by atoms with Crippen LogP contribution < -0.4 is 0 Å². The summed E-state index contributed by atoms with van der Waals surface area (Å²) in [5, 5.41) is 0. The summed E-state index contributed by atoms with van der Waals surface area (Å²) in [6.45, 7) is 4.28. The van der Waals surface area contributed by atoms with E-state index in [4.69, 9.17) is 9.47 Å². The van der Waals surface area contributed by atoms with Gasteiger partial charge in [0.1, 0.15) is 12.7 Å². The Labute approximate surface area is 124 Å². The molecule has 0 saturated carbocycles. The summed E-state index contributed by atoms with van der Waals surface area (Å²) >= 11 is 0. The molecular weight excluding hydrogens is 270 g/mol. The molecule has 5 heteroatoms. The van der Waals surface area contributed by atoms with E-state index in [9.17, 15) is 9.59 Å². The smallest absolute Gasteiger partial charge is 0.338 e. The lowest BCUT2D eigenvalue weighted by Crippen LogP contribution is -2.39. The van der Waals surface area contributed by atoms with Crippen molar-refractivity contribution in [3.63, 3.8) is 0 Å². The van der Waals surface area contributed by atoms with Gasteiger partial charge in [-0.3, -0.25) is 9.69 Å². The number of hydrogen-bond donors (Lipinski definition) is 0. The number of nitrogens with zero attached hydrogens (tertiary/aromatic N) is 1. The zero-order valence-electron chi connectivity index (χ0n) is 12.3.